The molecule has 104 valence electrons. The number of oxime groups is 1. The van der Waals surface area contributed by atoms with Crippen LogP contribution in [0.25, 0.3) is 0 Å². The Morgan fingerprint density at radius 1 is 1.47 bits per heavy atom. The molecule has 1 saturated carbocycles. The standard InChI is InChI=1S/C13H18ClN3O2/c14-11-8-9(13(15)16-19)4-5-12(11)17(6-7-18)10-2-1-3-10/h4-5,8,10,18-19H,1-3,6-7H2,(H2,15,16). The first-order valence-electron chi connectivity index (χ1n) is 6.32. The van der Waals surface area contributed by atoms with Crippen molar-refractivity contribution in [1.29, 1.82) is 0 Å². The summed E-state index contributed by atoms with van der Waals surface area (Å²) in [5, 5.41) is 21.3. The number of halogens is 1. The van der Waals surface area contributed by atoms with Crippen LogP contribution in [0.4, 0.5) is 5.69 Å². The van der Waals surface area contributed by atoms with Gasteiger partial charge in [0.25, 0.3) is 0 Å². The number of aliphatic hydroxyl groups excluding tert-OH is 1. The molecule has 0 spiro atoms. The van der Waals surface area contributed by atoms with Crippen LogP contribution in [-0.2, 0) is 0 Å². The number of hydrogen-bond acceptors (Lipinski definition) is 4. The molecule has 4 N–H and O–H groups in total. The summed E-state index contributed by atoms with van der Waals surface area (Å²) in [6.07, 6.45) is 3.46. The maximum Gasteiger partial charge on any atom is 0.170 e. The van der Waals surface area contributed by atoms with Crippen LogP contribution >= 0.6 is 11.6 Å². The first kappa shape index (κ1) is 14.0. The van der Waals surface area contributed by atoms with E-state index in [1.807, 2.05) is 6.07 Å². The highest BCUT2D eigenvalue weighted by atomic mass is 35.5. The molecular formula is C13H18ClN3O2. The summed E-state index contributed by atoms with van der Waals surface area (Å²) < 4.78 is 0. The Morgan fingerprint density at radius 2 is 2.21 bits per heavy atom. The monoisotopic (exact) mass is 283 g/mol. The molecule has 0 aromatic heterocycles. The molecule has 0 bridgehead atoms. The second kappa shape index (κ2) is 6.12. The molecule has 1 fully saturated rings. The van der Waals surface area contributed by atoms with Gasteiger partial charge in [0, 0.05) is 18.2 Å². The van der Waals surface area contributed by atoms with Gasteiger partial charge in [-0.3, -0.25) is 0 Å². The smallest absolute Gasteiger partial charge is 0.170 e. The van der Waals surface area contributed by atoms with Crippen molar-refractivity contribution in [2.75, 3.05) is 18.1 Å². The fourth-order valence-corrected chi connectivity index (χ4v) is 2.55. The Balaban J connectivity index is 2.27. The molecule has 0 heterocycles. The van der Waals surface area contributed by atoms with Gasteiger partial charge in [-0.05, 0) is 37.5 Å². The molecule has 19 heavy (non-hydrogen) atoms. The summed E-state index contributed by atoms with van der Waals surface area (Å²) in [6.45, 7) is 0.655. The van der Waals surface area contributed by atoms with E-state index in [-0.39, 0.29) is 12.4 Å². The van der Waals surface area contributed by atoms with Crippen molar-refractivity contribution < 1.29 is 10.3 Å². The van der Waals surface area contributed by atoms with Crippen molar-refractivity contribution in [2.45, 2.75) is 25.3 Å². The van der Waals surface area contributed by atoms with Crippen LogP contribution in [0.2, 0.25) is 5.02 Å². The topological polar surface area (TPSA) is 82.1 Å². The lowest BCUT2D eigenvalue weighted by molar-refractivity contribution is 0.283. The molecule has 0 atom stereocenters. The van der Waals surface area contributed by atoms with Crippen molar-refractivity contribution in [2.24, 2.45) is 10.9 Å². The Labute approximate surface area is 117 Å². The zero-order chi connectivity index (χ0) is 13.8. The molecule has 1 aliphatic carbocycles. The van der Waals surface area contributed by atoms with E-state index in [0.717, 1.165) is 18.5 Å². The highest BCUT2D eigenvalue weighted by Crippen LogP contribution is 2.34. The summed E-state index contributed by atoms with van der Waals surface area (Å²) in [5.74, 6) is 0.0332. The van der Waals surface area contributed by atoms with Gasteiger partial charge in [-0.15, -0.1) is 0 Å². The van der Waals surface area contributed by atoms with Gasteiger partial charge in [-0.2, -0.15) is 0 Å². The van der Waals surface area contributed by atoms with Crippen LogP contribution < -0.4 is 10.6 Å². The molecule has 0 amide bonds. The number of benzene rings is 1. The molecule has 6 heteroatoms. The van der Waals surface area contributed by atoms with Gasteiger partial charge in [0.15, 0.2) is 5.84 Å². The van der Waals surface area contributed by atoms with Gasteiger partial charge in [0.1, 0.15) is 0 Å². The van der Waals surface area contributed by atoms with Gasteiger partial charge in [0.2, 0.25) is 0 Å². The minimum Gasteiger partial charge on any atom is -0.409 e. The zero-order valence-electron chi connectivity index (χ0n) is 10.6. The van der Waals surface area contributed by atoms with Crippen LogP contribution in [0, 0.1) is 0 Å². The highest BCUT2D eigenvalue weighted by Gasteiger charge is 2.26. The molecule has 2 rings (SSSR count). The number of rotatable bonds is 5. The van der Waals surface area contributed by atoms with E-state index in [9.17, 15) is 5.11 Å². The molecule has 1 aliphatic rings. The van der Waals surface area contributed by atoms with Crippen molar-refractivity contribution in [3.63, 3.8) is 0 Å². The lowest BCUT2D eigenvalue weighted by Gasteiger charge is -2.39. The number of nitrogens with two attached hydrogens (primary N) is 1. The molecule has 1 aromatic rings. The zero-order valence-corrected chi connectivity index (χ0v) is 11.3. The van der Waals surface area contributed by atoms with Crippen LogP contribution in [0.15, 0.2) is 23.4 Å². The number of aliphatic hydroxyl groups is 1. The maximum absolute atomic E-state index is 9.18. The fraction of sp³-hybridized carbons (Fsp3) is 0.462. The third-order valence-corrected chi connectivity index (χ3v) is 3.82. The first-order chi connectivity index (χ1) is 9.17. The van der Waals surface area contributed by atoms with Crippen molar-refractivity contribution in [1.82, 2.24) is 0 Å². The highest BCUT2D eigenvalue weighted by molar-refractivity contribution is 6.33. The Kier molecular flexibility index (Phi) is 4.50. The molecule has 1 aromatic carbocycles. The SMILES string of the molecule is N/C(=N/O)c1ccc(N(CCO)C2CCC2)c(Cl)c1. The second-order valence-corrected chi connectivity index (χ2v) is 5.06. The minimum atomic E-state index is 0.0332. The van der Waals surface area contributed by atoms with E-state index >= 15 is 0 Å². The summed E-state index contributed by atoms with van der Waals surface area (Å²) in [5.41, 5.74) is 6.99. The summed E-state index contributed by atoms with van der Waals surface area (Å²) in [6, 6.07) is 5.73. The predicted molar refractivity (Wildman–Crippen MR) is 76.0 cm³/mol. The Bertz CT molecular complexity index is 475. The van der Waals surface area contributed by atoms with Crippen LogP contribution in [0.3, 0.4) is 0 Å². The van der Waals surface area contributed by atoms with E-state index in [1.165, 1.54) is 6.42 Å². The van der Waals surface area contributed by atoms with E-state index < -0.39 is 0 Å². The Morgan fingerprint density at radius 3 is 2.68 bits per heavy atom. The van der Waals surface area contributed by atoms with Gasteiger partial charge >= 0.3 is 0 Å². The van der Waals surface area contributed by atoms with Gasteiger partial charge in [-0.1, -0.05) is 16.8 Å². The van der Waals surface area contributed by atoms with Crippen molar-refractivity contribution >= 4 is 23.1 Å². The van der Waals surface area contributed by atoms with Gasteiger partial charge in [-0.25, -0.2) is 0 Å². The average molecular weight is 284 g/mol. The fourth-order valence-electron chi connectivity index (χ4n) is 2.26. The third kappa shape index (κ3) is 2.93. The van der Waals surface area contributed by atoms with E-state index in [1.54, 1.807) is 12.1 Å². The van der Waals surface area contributed by atoms with Gasteiger partial charge < -0.3 is 20.9 Å². The summed E-state index contributed by atoms with van der Waals surface area (Å²) in [7, 11) is 0. The summed E-state index contributed by atoms with van der Waals surface area (Å²) >= 11 is 6.27. The maximum atomic E-state index is 9.18. The molecule has 5 nitrogen and oxygen atoms in total. The quantitative estimate of drug-likeness (QED) is 0.333. The van der Waals surface area contributed by atoms with Crippen molar-refractivity contribution in [3.05, 3.63) is 28.8 Å². The van der Waals surface area contributed by atoms with E-state index in [2.05, 4.69) is 10.1 Å². The van der Waals surface area contributed by atoms with E-state index in [4.69, 9.17) is 22.5 Å². The van der Waals surface area contributed by atoms with Crippen molar-refractivity contribution in [3.8, 4) is 0 Å². The minimum absolute atomic E-state index is 0.0332. The number of nitrogens with zero attached hydrogens (tertiary/aromatic N) is 2. The molecule has 0 unspecified atom stereocenters. The lowest BCUT2D eigenvalue weighted by atomic mass is 9.91. The van der Waals surface area contributed by atoms with Crippen LogP contribution in [0.5, 0.6) is 0 Å². The largest absolute Gasteiger partial charge is 0.409 e. The lowest BCUT2D eigenvalue weighted by Crippen LogP contribution is -2.42. The third-order valence-electron chi connectivity index (χ3n) is 3.52. The van der Waals surface area contributed by atoms with Crippen LogP contribution in [-0.4, -0.2) is 35.3 Å². The number of hydrogen-bond donors (Lipinski definition) is 3. The molecule has 0 radical (unpaired) electrons. The molecule has 0 aliphatic heterocycles. The molecular weight excluding hydrogens is 266 g/mol. The average Bonchev–Trinajstić information content (AvgIpc) is 2.35. The van der Waals surface area contributed by atoms with E-state index in [0.29, 0.717) is 23.2 Å². The molecule has 0 saturated heterocycles. The second-order valence-electron chi connectivity index (χ2n) is 4.65. The normalized spacial score (nSPS) is 16.2. The first-order valence-corrected chi connectivity index (χ1v) is 6.70. The number of anilines is 1. The Hall–Kier alpha value is -1.46. The van der Waals surface area contributed by atoms with Crippen LogP contribution in [0.1, 0.15) is 24.8 Å². The number of amidine groups is 1. The van der Waals surface area contributed by atoms with Gasteiger partial charge in [0.05, 0.1) is 17.3 Å². The predicted octanol–water partition coefficient (Wildman–Crippen LogP) is 1.79. The summed E-state index contributed by atoms with van der Waals surface area (Å²) in [4.78, 5) is 2.13.